The highest BCUT2D eigenvalue weighted by Gasteiger charge is 2.20. The predicted molar refractivity (Wildman–Crippen MR) is 101 cm³/mol. The van der Waals surface area contributed by atoms with Crippen molar-refractivity contribution >= 4 is 10.0 Å². The van der Waals surface area contributed by atoms with Crippen LogP contribution in [-0.4, -0.2) is 24.7 Å². The quantitative estimate of drug-likeness (QED) is 0.867. The molecule has 1 heterocycles. The highest BCUT2D eigenvalue weighted by atomic mass is 32.2. The number of fused-ring (bicyclic) bond motifs is 1. The number of rotatable bonds is 5. The Kier molecular flexibility index (Phi) is 5.29. The summed E-state index contributed by atoms with van der Waals surface area (Å²) in [5, 5.41) is 4.42. The van der Waals surface area contributed by atoms with Gasteiger partial charge in [-0.15, -0.1) is 0 Å². The van der Waals surface area contributed by atoms with Crippen molar-refractivity contribution in [3.05, 3.63) is 56.5 Å². The van der Waals surface area contributed by atoms with Crippen molar-refractivity contribution in [3.8, 4) is 0 Å². The van der Waals surface area contributed by atoms with Crippen LogP contribution in [0.1, 0.15) is 40.8 Å². The van der Waals surface area contributed by atoms with Crippen molar-refractivity contribution in [1.29, 1.82) is 0 Å². The zero-order valence-electron chi connectivity index (χ0n) is 15.5. The molecular weight excluding hydrogens is 350 g/mol. The molecule has 3 rings (SSSR count). The van der Waals surface area contributed by atoms with Gasteiger partial charge in [0.05, 0.1) is 17.1 Å². The number of hydrogen-bond acceptors (Lipinski definition) is 4. The van der Waals surface area contributed by atoms with Crippen molar-refractivity contribution in [2.75, 3.05) is 6.54 Å². The van der Waals surface area contributed by atoms with Crippen molar-refractivity contribution in [3.63, 3.8) is 0 Å². The fraction of sp³-hybridized carbons (Fsp3) is 0.474. The molecule has 7 heteroatoms. The van der Waals surface area contributed by atoms with Crippen LogP contribution in [0.25, 0.3) is 0 Å². The average molecular weight is 375 g/mol. The molecule has 0 fully saturated rings. The maximum atomic E-state index is 12.7. The Balaban J connectivity index is 1.75. The van der Waals surface area contributed by atoms with Gasteiger partial charge in [-0.25, -0.2) is 17.8 Å². The summed E-state index contributed by atoms with van der Waals surface area (Å²) in [7, 11) is -3.63. The Morgan fingerprint density at radius 3 is 2.42 bits per heavy atom. The first-order valence-corrected chi connectivity index (χ1v) is 10.4. The second kappa shape index (κ2) is 7.32. The topological polar surface area (TPSA) is 81.1 Å². The lowest BCUT2D eigenvalue weighted by Gasteiger charge is -2.16. The normalized spacial score (nSPS) is 14.3. The van der Waals surface area contributed by atoms with E-state index in [2.05, 4.69) is 9.82 Å². The SMILES string of the molecule is Cc1cc(C)c(S(=O)(=O)NCCn2nc3c(cc2=O)CCCC3)c(C)c1. The lowest BCUT2D eigenvalue weighted by Crippen LogP contribution is -2.33. The minimum absolute atomic E-state index is 0.126. The van der Waals surface area contributed by atoms with E-state index in [0.717, 1.165) is 53.6 Å². The summed E-state index contributed by atoms with van der Waals surface area (Å²) in [6.45, 7) is 5.88. The van der Waals surface area contributed by atoms with Crippen LogP contribution in [0.3, 0.4) is 0 Å². The molecule has 1 aliphatic carbocycles. The van der Waals surface area contributed by atoms with Gasteiger partial charge in [0.25, 0.3) is 5.56 Å². The van der Waals surface area contributed by atoms with Gasteiger partial charge in [0.1, 0.15) is 0 Å². The molecule has 1 N–H and O–H groups in total. The summed E-state index contributed by atoms with van der Waals surface area (Å²) in [5.74, 6) is 0. The predicted octanol–water partition coefficient (Wildman–Crippen LogP) is 2.03. The van der Waals surface area contributed by atoms with Crippen LogP contribution < -0.4 is 10.3 Å². The number of nitrogens with zero attached hydrogens (tertiary/aromatic N) is 2. The van der Waals surface area contributed by atoms with Gasteiger partial charge in [-0.05, 0) is 63.1 Å². The summed E-state index contributed by atoms with van der Waals surface area (Å²) >= 11 is 0. The first kappa shape index (κ1) is 18.8. The lowest BCUT2D eigenvalue weighted by atomic mass is 9.97. The van der Waals surface area contributed by atoms with Crippen LogP contribution in [0.15, 0.2) is 27.9 Å². The average Bonchev–Trinajstić information content (AvgIpc) is 2.53. The van der Waals surface area contributed by atoms with Crippen LogP contribution in [0.2, 0.25) is 0 Å². The third-order valence-corrected chi connectivity index (χ3v) is 6.53. The van der Waals surface area contributed by atoms with E-state index in [4.69, 9.17) is 0 Å². The maximum Gasteiger partial charge on any atom is 0.267 e. The molecule has 0 aliphatic heterocycles. The summed E-state index contributed by atoms with van der Waals surface area (Å²) in [6, 6.07) is 5.36. The van der Waals surface area contributed by atoms with Crippen molar-refractivity contribution in [1.82, 2.24) is 14.5 Å². The van der Waals surface area contributed by atoms with Gasteiger partial charge in [-0.3, -0.25) is 4.79 Å². The number of aryl methyl sites for hydroxylation is 5. The van der Waals surface area contributed by atoms with Gasteiger partial charge in [-0.1, -0.05) is 17.7 Å². The number of aromatic nitrogens is 2. The summed E-state index contributed by atoms with van der Waals surface area (Å²) in [5.41, 5.74) is 4.29. The van der Waals surface area contributed by atoms with Crippen LogP contribution in [0.4, 0.5) is 0 Å². The van der Waals surface area contributed by atoms with E-state index in [1.807, 2.05) is 19.1 Å². The molecule has 0 saturated heterocycles. The summed E-state index contributed by atoms with van der Waals surface area (Å²) in [6.07, 6.45) is 3.95. The molecule has 2 aromatic rings. The number of benzene rings is 1. The number of nitrogens with one attached hydrogen (secondary N) is 1. The fourth-order valence-corrected chi connectivity index (χ4v) is 5.18. The second-order valence-corrected chi connectivity index (χ2v) is 8.71. The molecule has 0 bridgehead atoms. The van der Waals surface area contributed by atoms with E-state index in [0.29, 0.717) is 4.90 Å². The van der Waals surface area contributed by atoms with Crippen LogP contribution in [-0.2, 0) is 29.4 Å². The van der Waals surface area contributed by atoms with Gasteiger partial charge >= 0.3 is 0 Å². The Labute approximate surface area is 154 Å². The molecule has 0 unspecified atom stereocenters. The summed E-state index contributed by atoms with van der Waals surface area (Å²) < 4.78 is 29.3. The number of sulfonamides is 1. The zero-order chi connectivity index (χ0) is 18.9. The minimum Gasteiger partial charge on any atom is -0.268 e. The Hall–Kier alpha value is -1.99. The standard InChI is InChI=1S/C19H25N3O3S/c1-13-10-14(2)19(15(3)11-13)26(24,25)20-8-9-22-18(23)12-16-6-4-5-7-17(16)21-22/h10-12,20H,4-9H2,1-3H3. The van der Waals surface area contributed by atoms with E-state index in [-0.39, 0.29) is 18.6 Å². The lowest BCUT2D eigenvalue weighted by molar-refractivity contribution is 0.526. The third kappa shape index (κ3) is 3.88. The molecule has 0 radical (unpaired) electrons. The Morgan fingerprint density at radius 1 is 1.08 bits per heavy atom. The first-order chi connectivity index (χ1) is 12.3. The Bertz CT molecular complexity index is 971. The van der Waals surface area contributed by atoms with E-state index in [1.54, 1.807) is 19.9 Å². The molecular formula is C19H25N3O3S. The molecule has 1 aliphatic rings. The molecule has 0 amide bonds. The third-order valence-electron chi connectivity index (χ3n) is 4.76. The maximum absolute atomic E-state index is 12.7. The van der Waals surface area contributed by atoms with Crippen LogP contribution in [0.5, 0.6) is 0 Å². The molecule has 140 valence electrons. The van der Waals surface area contributed by atoms with Gasteiger partial charge in [0.2, 0.25) is 10.0 Å². The van der Waals surface area contributed by atoms with Gasteiger partial charge in [0, 0.05) is 12.6 Å². The Morgan fingerprint density at radius 2 is 1.73 bits per heavy atom. The molecule has 0 atom stereocenters. The van der Waals surface area contributed by atoms with E-state index in [1.165, 1.54) is 4.68 Å². The monoisotopic (exact) mass is 375 g/mol. The molecule has 1 aromatic carbocycles. The van der Waals surface area contributed by atoms with E-state index >= 15 is 0 Å². The summed E-state index contributed by atoms with van der Waals surface area (Å²) in [4.78, 5) is 12.5. The molecule has 0 saturated carbocycles. The molecule has 1 aromatic heterocycles. The van der Waals surface area contributed by atoms with E-state index in [9.17, 15) is 13.2 Å². The highest BCUT2D eigenvalue weighted by Crippen LogP contribution is 2.21. The van der Waals surface area contributed by atoms with Crippen molar-refractivity contribution in [2.24, 2.45) is 0 Å². The molecule has 6 nitrogen and oxygen atoms in total. The van der Waals surface area contributed by atoms with Gasteiger partial charge < -0.3 is 0 Å². The van der Waals surface area contributed by atoms with Crippen molar-refractivity contribution in [2.45, 2.75) is 57.9 Å². The van der Waals surface area contributed by atoms with Crippen LogP contribution >= 0.6 is 0 Å². The largest absolute Gasteiger partial charge is 0.268 e. The van der Waals surface area contributed by atoms with Gasteiger partial charge in [0.15, 0.2) is 0 Å². The smallest absolute Gasteiger partial charge is 0.267 e. The molecule has 0 spiro atoms. The van der Waals surface area contributed by atoms with Gasteiger partial charge in [-0.2, -0.15) is 5.10 Å². The second-order valence-electron chi connectivity index (χ2n) is 7.01. The highest BCUT2D eigenvalue weighted by molar-refractivity contribution is 7.89. The zero-order valence-corrected chi connectivity index (χ0v) is 16.3. The van der Waals surface area contributed by atoms with Crippen molar-refractivity contribution < 1.29 is 8.42 Å². The number of hydrogen-bond donors (Lipinski definition) is 1. The first-order valence-electron chi connectivity index (χ1n) is 8.95. The fourth-order valence-electron chi connectivity index (χ4n) is 3.71. The minimum atomic E-state index is -3.63. The van der Waals surface area contributed by atoms with Crippen LogP contribution in [0, 0.1) is 20.8 Å². The molecule has 26 heavy (non-hydrogen) atoms. The van der Waals surface area contributed by atoms with E-state index < -0.39 is 10.0 Å².